The Bertz CT molecular complexity index is 958. The highest BCUT2D eigenvalue weighted by Crippen LogP contribution is 2.29. The second-order valence-electron chi connectivity index (χ2n) is 6.06. The number of amidine groups is 1. The Labute approximate surface area is 185 Å². The van der Waals surface area contributed by atoms with Crippen LogP contribution in [0.3, 0.4) is 0 Å². The van der Waals surface area contributed by atoms with Gasteiger partial charge in [-0.1, -0.05) is 17.8 Å². The highest BCUT2D eigenvalue weighted by molar-refractivity contribution is 9.11. The number of nitrogens with zero attached hydrogens (tertiary/aromatic N) is 2. The molecule has 7 nitrogen and oxygen atoms in total. The number of hydrazone groups is 1. The Morgan fingerprint density at radius 3 is 2.86 bits per heavy atom. The van der Waals surface area contributed by atoms with Crippen LogP contribution in [0.1, 0.15) is 25.1 Å². The smallest absolute Gasteiger partial charge is 0.250 e. The number of carbonyl (C=O) groups is 2. The number of carbonyl (C=O) groups excluding carboxylic acids is 2. The number of rotatable bonds is 6. The third kappa shape index (κ3) is 5.46. The molecule has 2 heterocycles. The molecule has 0 bridgehead atoms. The average Bonchev–Trinajstić information content (AvgIpc) is 3.11. The zero-order valence-electron chi connectivity index (χ0n) is 15.8. The van der Waals surface area contributed by atoms with Gasteiger partial charge >= 0.3 is 0 Å². The Kier molecular flexibility index (Phi) is 7.09. The monoisotopic (exact) mass is 494 g/mol. The van der Waals surface area contributed by atoms with Gasteiger partial charge in [-0.15, -0.1) is 11.3 Å². The van der Waals surface area contributed by atoms with Gasteiger partial charge in [0.15, 0.2) is 5.17 Å². The molecule has 0 spiro atoms. The summed E-state index contributed by atoms with van der Waals surface area (Å²) in [6.45, 7) is 4.20. The van der Waals surface area contributed by atoms with Gasteiger partial charge in [0.25, 0.3) is 5.91 Å². The summed E-state index contributed by atoms with van der Waals surface area (Å²) < 4.78 is 6.39. The topological polar surface area (TPSA) is 94.8 Å². The Morgan fingerprint density at radius 1 is 1.41 bits per heavy atom. The van der Waals surface area contributed by atoms with E-state index in [2.05, 4.69) is 26.3 Å². The molecule has 29 heavy (non-hydrogen) atoms. The molecule has 1 saturated heterocycles. The number of ether oxygens (including phenoxy) is 1. The zero-order chi connectivity index (χ0) is 21.0. The summed E-state index contributed by atoms with van der Waals surface area (Å²) >= 11 is 5.91. The van der Waals surface area contributed by atoms with Crippen LogP contribution in [0.2, 0.25) is 0 Å². The minimum absolute atomic E-state index is 0.0328. The van der Waals surface area contributed by atoms with Crippen LogP contribution in [0, 0.1) is 5.41 Å². The first-order valence-electron chi connectivity index (χ1n) is 8.80. The minimum Gasteiger partial charge on any atom is -0.494 e. The van der Waals surface area contributed by atoms with Crippen molar-refractivity contribution < 1.29 is 14.3 Å². The number of halogens is 1. The molecule has 10 heteroatoms. The van der Waals surface area contributed by atoms with E-state index in [1.54, 1.807) is 31.2 Å². The van der Waals surface area contributed by atoms with E-state index in [0.29, 0.717) is 23.8 Å². The largest absolute Gasteiger partial charge is 0.494 e. The minimum atomic E-state index is -0.687. The van der Waals surface area contributed by atoms with Crippen LogP contribution < -0.4 is 10.1 Å². The van der Waals surface area contributed by atoms with Gasteiger partial charge in [0.05, 0.1) is 27.4 Å². The first kappa shape index (κ1) is 21.5. The van der Waals surface area contributed by atoms with Crippen molar-refractivity contribution in [2.45, 2.75) is 25.5 Å². The molecule has 1 atom stereocenters. The SMILES string of the molecule is CCOc1cccc(NC(=O)C2CC(=O)N(/N=C(\C)c3ccc(Br)s3)C(=N)S2)c1. The maximum atomic E-state index is 12.6. The van der Waals surface area contributed by atoms with Crippen LogP contribution in [0.4, 0.5) is 5.69 Å². The standard InChI is InChI=1S/C19H19BrN4O3S2/c1-3-27-13-6-4-5-12(9-13)22-18(26)15-10-17(25)24(19(21)29-15)23-11(2)14-7-8-16(20)28-14/h4-9,15,21H,3,10H2,1-2H3,(H,22,26)/b21-19?,23-11+. The Morgan fingerprint density at radius 2 is 2.21 bits per heavy atom. The van der Waals surface area contributed by atoms with Crippen molar-refractivity contribution in [3.63, 3.8) is 0 Å². The van der Waals surface area contributed by atoms with Crippen molar-refractivity contribution in [2.24, 2.45) is 5.10 Å². The fourth-order valence-electron chi connectivity index (χ4n) is 2.59. The van der Waals surface area contributed by atoms with E-state index in [4.69, 9.17) is 10.1 Å². The van der Waals surface area contributed by atoms with Gasteiger partial charge in [-0.2, -0.15) is 10.1 Å². The molecule has 1 aromatic heterocycles. The van der Waals surface area contributed by atoms with Crippen molar-refractivity contribution in [3.8, 4) is 5.75 Å². The van der Waals surface area contributed by atoms with Crippen molar-refractivity contribution in [1.82, 2.24) is 5.01 Å². The second kappa shape index (κ2) is 9.55. The van der Waals surface area contributed by atoms with E-state index in [-0.39, 0.29) is 23.4 Å². The van der Waals surface area contributed by atoms with Crippen molar-refractivity contribution >= 4 is 67.4 Å². The maximum absolute atomic E-state index is 12.6. The predicted molar refractivity (Wildman–Crippen MR) is 121 cm³/mol. The molecule has 1 aliphatic heterocycles. The fourth-order valence-corrected chi connectivity index (χ4v) is 4.82. The number of thioether (sulfide) groups is 1. The van der Waals surface area contributed by atoms with Crippen LogP contribution in [0.15, 0.2) is 45.3 Å². The number of hydrogen-bond acceptors (Lipinski definition) is 7. The molecule has 1 aliphatic rings. The van der Waals surface area contributed by atoms with Gasteiger partial charge < -0.3 is 10.1 Å². The number of nitrogens with one attached hydrogen (secondary N) is 2. The summed E-state index contributed by atoms with van der Waals surface area (Å²) in [5, 5.41) is 15.6. The lowest BCUT2D eigenvalue weighted by molar-refractivity contribution is -0.129. The van der Waals surface area contributed by atoms with Gasteiger partial charge in [-0.25, -0.2) is 0 Å². The highest BCUT2D eigenvalue weighted by atomic mass is 79.9. The second-order valence-corrected chi connectivity index (χ2v) is 9.72. The van der Waals surface area contributed by atoms with Crippen LogP contribution in [-0.2, 0) is 9.59 Å². The molecule has 2 N–H and O–H groups in total. The lowest BCUT2D eigenvalue weighted by atomic mass is 10.2. The van der Waals surface area contributed by atoms with E-state index >= 15 is 0 Å². The van der Waals surface area contributed by atoms with E-state index in [1.165, 1.54) is 11.3 Å². The summed E-state index contributed by atoms with van der Waals surface area (Å²) in [6, 6.07) is 10.9. The molecule has 1 fully saturated rings. The molecular weight excluding hydrogens is 476 g/mol. The maximum Gasteiger partial charge on any atom is 0.250 e. The fraction of sp³-hybridized carbons (Fsp3) is 0.263. The molecule has 2 aromatic rings. The third-order valence-electron chi connectivity index (χ3n) is 3.93. The number of anilines is 1. The quantitative estimate of drug-likeness (QED) is 0.576. The number of benzene rings is 1. The van der Waals surface area contributed by atoms with E-state index in [9.17, 15) is 9.59 Å². The van der Waals surface area contributed by atoms with E-state index in [0.717, 1.165) is 25.4 Å². The Hall–Kier alpha value is -2.17. The van der Waals surface area contributed by atoms with Gasteiger partial charge in [0.2, 0.25) is 5.91 Å². The molecule has 1 unspecified atom stereocenters. The normalized spacial score (nSPS) is 17.4. The molecule has 2 amide bonds. The van der Waals surface area contributed by atoms with Crippen molar-refractivity contribution in [3.05, 3.63) is 45.1 Å². The lowest BCUT2D eigenvalue weighted by Gasteiger charge is -2.27. The summed E-state index contributed by atoms with van der Waals surface area (Å²) in [4.78, 5) is 26.0. The average molecular weight is 495 g/mol. The third-order valence-corrected chi connectivity index (χ3v) is 6.72. The van der Waals surface area contributed by atoms with Crippen molar-refractivity contribution in [2.75, 3.05) is 11.9 Å². The van der Waals surface area contributed by atoms with Crippen molar-refractivity contribution in [1.29, 1.82) is 5.41 Å². The van der Waals surface area contributed by atoms with Crippen LogP contribution in [0.25, 0.3) is 0 Å². The Balaban J connectivity index is 1.66. The molecule has 0 saturated carbocycles. The van der Waals surface area contributed by atoms with E-state index < -0.39 is 5.25 Å². The summed E-state index contributed by atoms with van der Waals surface area (Å²) in [7, 11) is 0. The highest BCUT2D eigenvalue weighted by Gasteiger charge is 2.35. The van der Waals surface area contributed by atoms with Gasteiger partial charge in [0, 0.05) is 11.8 Å². The molecule has 152 valence electrons. The lowest BCUT2D eigenvalue weighted by Crippen LogP contribution is -2.42. The van der Waals surface area contributed by atoms with Gasteiger partial charge in [0.1, 0.15) is 11.0 Å². The summed E-state index contributed by atoms with van der Waals surface area (Å²) in [6.07, 6.45) is -0.0328. The summed E-state index contributed by atoms with van der Waals surface area (Å²) in [5.41, 5.74) is 1.22. The first-order chi connectivity index (χ1) is 13.9. The number of amides is 2. The molecular formula is C19H19BrN4O3S2. The number of thiophene rings is 1. The van der Waals surface area contributed by atoms with Gasteiger partial charge in [-0.3, -0.25) is 15.0 Å². The molecule has 0 aliphatic carbocycles. The van der Waals surface area contributed by atoms with E-state index in [1.807, 2.05) is 19.1 Å². The van der Waals surface area contributed by atoms with Crippen LogP contribution in [-0.4, -0.2) is 39.6 Å². The predicted octanol–water partition coefficient (Wildman–Crippen LogP) is 4.54. The number of hydrogen-bond donors (Lipinski definition) is 2. The first-order valence-corrected chi connectivity index (χ1v) is 11.3. The molecule has 1 aromatic carbocycles. The van der Waals surface area contributed by atoms with Gasteiger partial charge in [-0.05, 0) is 54.0 Å². The summed E-state index contributed by atoms with van der Waals surface area (Å²) in [5.74, 6) is -0.0576. The molecule has 3 rings (SSSR count). The van der Waals surface area contributed by atoms with Crippen LogP contribution in [0.5, 0.6) is 5.75 Å². The van der Waals surface area contributed by atoms with Crippen LogP contribution >= 0.6 is 39.0 Å². The molecule has 0 radical (unpaired) electrons. The zero-order valence-corrected chi connectivity index (χ0v) is 19.0.